The summed E-state index contributed by atoms with van der Waals surface area (Å²) in [7, 11) is 1.42. The van der Waals surface area contributed by atoms with E-state index in [1.54, 1.807) is 0 Å². The molecule has 12 heavy (non-hydrogen) atoms. The monoisotopic (exact) mass is 169 g/mol. The minimum absolute atomic E-state index is 0.141. The average molecular weight is 169 g/mol. The molecule has 1 rings (SSSR count). The predicted molar refractivity (Wildman–Crippen MR) is 47.4 cm³/mol. The van der Waals surface area contributed by atoms with Crippen molar-refractivity contribution < 1.29 is 9.53 Å². The van der Waals surface area contributed by atoms with Gasteiger partial charge in [0.25, 0.3) is 0 Å². The minimum Gasteiger partial charge on any atom is -0.469 e. The number of methoxy groups -OCH3 is 1. The smallest absolute Gasteiger partial charge is 0.305 e. The SMILES string of the molecule is COC(=O)CCC1=NC(C)CC1. The van der Waals surface area contributed by atoms with E-state index in [4.69, 9.17) is 0 Å². The van der Waals surface area contributed by atoms with Crippen LogP contribution in [0, 0.1) is 0 Å². The third-order valence-corrected chi connectivity index (χ3v) is 2.10. The van der Waals surface area contributed by atoms with Crippen LogP contribution in [0.25, 0.3) is 0 Å². The molecule has 1 atom stereocenters. The number of carbonyl (C=O) groups is 1. The first kappa shape index (κ1) is 9.23. The highest BCUT2D eigenvalue weighted by molar-refractivity contribution is 5.88. The second-order valence-corrected chi connectivity index (χ2v) is 3.16. The topological polar surface area (TPSA) is 38.7 Å². The van der Waals surface area contributed by atoms with Crippen molar-refractivity contribution in [2.24, 2.45) is 4.99 Å². The Morgan fingerprint density at radius 1 is 1.75 bits per heavy atom. The van der Waals surface area contributed by atoms with E-state index in [0.717, 1.165) is 19.3 Å². The highest BCUT2D eigenvalue weighted by Crippen LogP contribution is 2.15. The molecule has 0 bridgehead atoms. The summed E-state index contributed by atoms with van der Waals surface area (Å²) in [5.41, 5.74) is 1.17. The van der Waals surface area contributed by atoms with Gasteiger partial charge in [0.15, 0.2) is 0 Å². The molecule has 68 valence electrons. The van der Waals surface area contributed by atoms with E-state index in [1.807, 2.05) is 0 Å². The number of esters is 1. The van der Waals surface area contributed by atoms with Crippen LogP contribution in [0.1, 0.15) is 32.6 Å². The van der Waals surface area contributed by atoms with E-state index in [2.05, 4.69) is 16.7 Å². The van der Waals surface area contributed by atoms with Crippen LogP contribution < -0.4 is 0 Å². The maximum atomic E-state index is 10.8. The first-order valence-electron chi connectivity index (χ1n) is 4.34. The van der Waals surface area contributed by atoms with Crippen LogP contribution >= 0.6 is 0 Å². The van der Waals surface area contributed by atoms with Crippen LogP contribution in [0.15, 0.2) is 4.99 Å². The van der Waals surface area contributed by atoms with Gasteiger partial charge in [-0.25, -0.2) is 0 Å². The van der Waals surface area contributed by atoms with Gasteiger partial charge in [0.2, 0.25) is 0 Å². The molecule has 0 aromatic rings. The summed E-state index contributed by atoms with van der Waals surface area (Å²) in [6.07, 6.45) is 3.44. The zero-order valence-corrected chi connectivity index (χ0v) is 7.67. The molecular weight excluding hydrogens is 154 g/mol. The largest absolute Gasteiger partial charge is 0.469 e. The zero-order chi connectivity index (χ0) is 8.97. The Bertz CT molecular complexity index is 199. The van der Waals surface area contributed by atoms with E-state index >= 15 is 0 Å². The number of nitrogens with zero attached hydrogens (tertiary/aromatic N) is 1. The van der Waals surface area contributed by atoms with Gasteiger partial charge in [0.05, 0.1) is 13.5 Å². The van der Waals surface area contributed by atoms with Crippen LogP contribution in [0.3, 0.4) is 0 Å². The summed E-state index contributed by atoms with van der Waals surface area (Å²) < 4.78 is 4.54. The molecule has 0 N–H and O–H groups in total. The molecule has 0 saturated carbocycles. The van der Waals surface area contributed by atoms with Crippen molar-refractivity contribution in [3.8, 4) is 0 Å². The Hall–Kier alpha value is -0.860. The molecule has 0 aliphatic carbocycles. The van der Waals surface area contributed by atoms with E-state index in [1.165, 1.54) is 12.8 Å². The molecule has 0 saturated heterocycles. The van der Waals surface area contributed by atoms with E-state index in [0.29, 0.717) is 12.5 Å². The number of hydrogen-bond donors (Lipinski definition) is 0. The van der Waals surface area contributed by atoms with E-state index in [9.17, 15) is 4.79 Å². The fraction of sp³-hybridized carbons (Fsp3) is 0.778. The van der Waals surface area contributed by atoms with Crippen molar-refractivity contribution in [3.05, 3.63) is 0 Å². The Labute approximate surface area is 72.8 Å². The molecular formula is C9H15NO2. The van der Waals surface area contributed by atoms with E-state index in [-0.39, 0.29) is 5.97 Å². The van der Waals surface area contributed by atoms with Crippen molar-refractivity contribution in [1.82, 2.24) is 0 Å². The Balaban J connectivity index is 2.24. The maximum Gasteiger partial charge on any atom is 0.305 e. The highest BCUT2D eigenvalue weighted by atomic mass is 16.5. The molecule has 0 amide bonds. The lowest BCUT2D eigenvalue weighted by molar-refractivity contribution is -0.140. The summed E-state index contributed by atoms with van der Waals surface area (Å²) in [6, 6.07) is 0.456. The molecule has 0 radical (unpaired) electrons. The second-order valence-electron chi connectivity index (χ2n) is 3.16. The Morgan fingerprint density at radius 3 is 3.00 bits per heavy atom. The third kappa shape index (κ3) is 2.64. The van der Waals surface area contributed by atoms with Gasteiger partial charge in [-0.15, -0.1) is 0 Å². The fourth-order valence-corrected chi connectivity index (χ4v) is 1.35. The van der Waals surface area contributed by atoms with Crippen LogP contribution in [0.5, 0.6) is 0 Å². The minimum atomic E-state index is -0.141. The van der Waals surface area contributed by atoms with Gasteiger partial charge in [-0.3, -0.25) is 9.79 Å². The molecule has 0 spiro atoms. The number of aliphatic imine (C=N–C) groups is 1. The Morgan fingerprint density at radius 2 is 2.50 bits per heavy atom. The summed E-state index contributed by atoms with van der Waals surface area (Å²) in [5.74, 6) is -0.141. The quantitative estimate of drug-likeness (QED) is 0.601. The molecule has 1 aliphatic heterocycles. The highest BCUT2D eigenvalue weighted by Gasteiger charge is 2.13. The summed E-state index contributed by atoms with van der Waals surface area (Å²) >= 11 is 0. The lowest BCUT2D eigenvalue weighted by atomic mass is 10.1. The van der Waals surface area contributed by atoms with Crippen molar-refractivity contribution in [1.29, 1.82) is 0 Å². The molecule has 1 aliphatic rings. The van der Waals surface area contributed by atoms with Gasteiger partial charge < -0.3 is 4.74 Å². The number of hydrogen-bond acceptors (Lipinski definition) is 3. The normalized spacial score (nSPS) is 22.2. The fourth-order valence-electron chi connectivity index (χ4n) is 1.35. The van der Waals surface area contributed by atoms with Gasteiger partial charge >= 0.3 is 5.97 Å². The lowest BCUT2D eigenvalue weighted by Crippen LogP contribution is -2.03. The van der Waals surface area contributed by atoms with E-state index < -0.39 is 0 Å². The zero-order valence-electron chi connectivity index (χ0n) is 7.67. The van der Waals surface area contributed by atoms with Crippen LogP contribution in [0.2, 0.25) is 0 Å². The summed E-state index contributed by atoms with van der Waals surface area (Å²) in [6.45, 7) is 2.10. The van der Waals surface area contributed by atoms with Crippen molar-refractivity contribution in [3.63, 3.8) is 0 Å². The number of ether oxygens (including phenoxy) is 1. The van der Waals surface area contributed by atoms with Crippen LogP contribution in [0.4, 0.5) is 0 Å². The van der Waals surface area contributed by atoms with Gasteiger partial charge in [-0.05, 0) is 26.2 Å². The van der Waals surface area contributed by atoms with Crippen LogP contribution in [-0.4, -0.2) is 24.8 Å². The molecule has 0 aromatic heterocycles. The van der Waals surface area contributed by atoms with Crippen molar-refractivity contribution in [2.45, 2.75) is 38.6 Å². The predicted octanol–water partition coefficient (Wildman–Crippen LogP) is 1.56. The van der Waals surface area contributed by atoms with Crippen molar-refractivity contribution in [2.75, 3.05) is 7.11 Å². The maximum absolute atomic E-state index is 10.8. The molecule has 1 unspecified atom stereocenters. The molecule has 0 aromatic carbocycles. The molecule has 1 heterocycles. The number of carbonyl (C=O) groups excluding carboxylic acids is 1. The van der Waals surface area contributed by atoms with Crippen molar-refractivity contribution >= 4 is 11.7 Å². The molecule has 3 heteroatoms. The van der Waals surface area contributed by atoms with Gasteiger partial charge in [-0.1, -0.05) is 0 Å². The second kappa shape index (κ2) is 4.24. The summed E-state index contributed by atoms with van der Waals surface area (Å²) in [5, 5.41) is 0. The standard InChI is InChI=1S/C9H15NO2/c1-7-3-4-8(10-7)5-6-9(11)12-2/h7H,3-6H2,1-2H3. The first-order chi connectivity index (χ1) is 5.72. The summed E-state index contributed by atoms with van der Waals surface area (Å²) in [4.78, 5) is 15.2. The number of rotatable bonds is 3. The Kier molecular flexibility index (Phi) is 3.26. The third-order valence-electron chi connectivity index (χ3n) is 2.10. The van der Waals surface area contributed by atoms with Gasteiger partial charge in [0, 0.05) is 11.8 Å². The van der Waals surface area contributed by atoms with Gasteiger partial charge in [-0.2, -0.15) is 0 Å². The first-order valence-corrected chi connectivity index (χ1v) is 4.34. The molecule has 0 fully saturated rings. The van der Waals surface area contributed by atoms with Gasteiger partial charge in [0.1, 0.15) is 0 Å². The lowest BCUT2D eigenvalue weighted by Gasteiger charge is -1.98. The molecule has 3 nitrogen and oxygen atoms in total. The van der Waals surface area contributed by atoms with Crippen LogP contribution in [-0.2, 0) is 9.53 Å². The average Bonchev–Trinajstić information content (AvgIpc) is 2.47.